The van der Waals surface area contributed by atoms with Crippen molar-refractivity contribution < 1.29 is 14.3 Å². The van der Waals surface area contributed by atoms with E-state index in [1.54, 1.807) is 13.8 Å². The van der Waals surface area contributed by atoms with Crippen LogP contribution in [0.3, 0.4) is 0 Å². The monoisotopic (exact) mass is 286 g/mol. The molecule has 0 spiro atoms. The lowest BCUT2D eigenvalue weighted by Gasteiger charge is -2.31. The molecule has 0 bridgehead atoms. The molecule has 0 radical (unpaired) electrons. The summed E-state index contributed by atoms with van der Waals surface area (Å²) in [5.41, 5.74) is 2.36. The quantitative estimate of drug-likeness (QED) is 0.763. The van der Waals surface area contributed by atoms with E-state index in [1.165, 1.54) is 11.6 Å². The number of ether oxygens (including phenoxy) is 2. The van der Waals surface area contributed by atoms with Crippen LogP contribution < -0.4 is 0 Å². The lowest BCUT2D eigenvalue weighted by molar-refractivity contribution is -0.203. The van der Waals surface area contributed by atoms with Crippen LogP contribution in [0, 0.1) is 0 Å². The summed E-state index contributed by atoms with van der Waals surface area (Å²) in [6.45, 7) is 5.55. The molecule has 0 fully saturated rings. The zero-order chi connectivity index (χ0) is 15.3. The van der Waals surface area contributed by atoms with Crippen LogP contribution in [-0.4, -0.2) is 11.8 Å². The maximum atomic E-state index is 11.6. The fourth-order valence-corrected chi connectivity index (χ4v) is 2.33. The van der Waals surface area contributed by atoms with Crippen molar-refractivity contribution >= 4 is 5.97 Å². The van der Waals surface area contributed by atoms with Gasteiger partial charge in [0.15, 0.2) is 0 Å². The molecule has 1 aliphatic rings. The Labute approximate surface area is 126 Å². The first-order valence-corrected chi connectivity index (χ1v) is 7.37. The van der Waals surface area contributed by atoms with Crippen LogP contribution in [-0.2, 0) is 20.7 Å². The highest BCUT2D eigenvalue weighted by Crippen LogP contribution is 2.28. The molecule has 1 heterocycles. The molecule has 0 unspecified atom stereocenters. The van der Waals surface area contributed by atoms with Gasteiger partial charge in [0, 0.05) is 13.8 Å². The summed E-state index contributed by atoms with van der Waals surface area (Å²) in [5.74, 6) is -0.607. The number of rotatable bonds is 5. The molecule has 2 rings (SSSR count). The summed E-state index contributed by atoms with van der Waals surface area (Å²) in [5, 5.41) is 0. The third-order valence-electron chi connectivity index (χ3n) is 3.32. The van der Waals surface area contributed by atoms with Crippen LogP contribution in [0.25, 0.3) is 0 Å². The first kappa shape index (κ1) is 15.4. The fraction of sp³-hybridized carbons (Fsp3) is 0.389. The van der Waals surface area contributed by atoms with Crippen molar-refractivity contribution in [1.29, 1.82) is 0 Å². The number of hydrogen-bond acceptors (Lipinski definition) is 3. The number of cyclic esters (lactones) is 1. The number of carbonyl (C=O) groups is 1. The van der Waals surface area contributed by atoms with E-state index < -0.39 is 5.79 Å². The Balaban J connectivity index is 2.05. The van der Waals surface area contributed by atoms with E-state index in [1.807, 2.05) is 18.2 Å². The summed E-state index contributed by atoms with van der Waals surface area (Å²) in [4.78, 5) is 11.6. The Kier molecular flexibility index (Phi) is 4.84. The van der Waals surface area contributed by atoms with Gasteiger partial charge in [-0.3, -0.25) is 0 Å². The molecule has 21 heavy (non-hydrogen) atoms. The standard InChI is InChI=1S/C18H22O3/c1-4-15(12-8-11-14-9-6-5-7-10-14)16-13-17(19)21-18(2,3)20-16/h5-7,9-10,12-13H,4,8,11H2,1-3H3. The highest BCUT2D eigenvalue weighted by molar-refractivity contribution is 5.84. The van der Waals surface area contributed by atoms with Crippen molar-refractivity contribution in [2.75, 3.05) is 0 Å². The fourth-order valence-electron chi connectivity index (χ4n) is 2.33. The minimum atomic E-state index is -0.894. The second-order valence-corrected chi connectivity index (χ2v) is 5.54. The minimum Gasteiger partial charge on any atom is -0.452 e. The van der Waals surface area contributed by atoms with Gasteiger partial charge < -0.3 is 9.47 Å². The van der Waals surface area contributed by atoms with Gasteiger partial charge in [-0.2, -0.15) is 0 Å². The van der Waals surface area contributed by atoms with Gasteiger partial charge in [0.25, 0.3) is 0 Å². The van der Waals surface area contributed by atoms with Crippen molar-refractivity contribution in [3.63, 3.8) is 0 Å². The summed E-state index contributed by atoms with van der Waals surface area (Å²) in [6.07, 6.45) is 6.30. The van der Waals surface area contributed by atoms with Gasteiger partial charge in [-0.05, 0) is 30.4 Å². The van der Waals surface area contributed by atoms with Gasteiger partial charge in [-0.15, -0.1) is 0 Å². The number of carbonyl (C=O) groups excluding carboxylic acids is 1. The number of benzene rings is 1. The van der Waals surface area contributed by atoms with Crippen molar-refractivity contribution in [2.45, 2.75) is 45.8 Å². The van der Waals surface area contributed by atoms with E-state index in [2.05, 4.69) is 25.1 Å². The Morgan fingerprint density at radius 1 is 1.19 bits per heavy atom. The van der Waals surface area contributed by atoms with Gasteiger partial charge in [0.1, 0.15) is 5.76 Å². The Bertz CT molecular complexity index is 553. The van der Waals surface area contributed by atoms with E-state index in [9.17, 15) is 4.79 Å². The molecule has 112 valence electrons. The zero-order valence-electron chi connectivity index (χ0n) is 12.9. The van der Waals surface area contributed by atoms with Gasteiger partial charge in [-0.25, -0.2) is 4.79 Å². The second kappa shape index (κ2) is 6.61. The molecule has 0 aliphatic carbocycles. The second-order valence-electron chi connectivity index (χ2n) is 5.54. The van der Waals surface area contributed by atoms with Crippen molar-refractivity contribution in [2.24, 2.45) is 0 Å². The third-order valence-corrected chi connectivity index (χ3v) is 3.32. The van der Waals surface area contributed by atoms with Crippen LogP contribution in [0.5, 0.6) is 0 Å². The number of aryl methyl sites for hydroxylation is 1. The van der Waals surface area contributed by atoms with Crippen LogP contribution in [0.2, 0.25) is 0 Å². The third kappa shape index (κ3) is 4.48. The maximum Gasteiger partial charge on any atom is 0.337 e. The summed E-state index contributed by atoms with van der Waals surface area (Å²) >= 11 is 0. The summed E-state index contributed by atoms with van der Waals surface area (Å²) < 4.78 is 10.9. The highest BCUT2D eigenvalue weighted by Gasteiger charge is 2.30. The van der Waals surface area contributed by atoms with E-state index in [4.69, 9.17) is 9.47 Å². The van der Waals surface area contributed by atoms with Crippen molar-refractivity contribution in [1.82, 2.24) is 0 Å². The van der Waals surface area contributed by atoms with E-state index in [-0.39, 0.29) is 5.97 Å². The Morgan fingerprint density at radius 2 is 1.90 bits per heavy atom. The lowest BCUT2D eigenvalue weighted by atomic mass is 10.0. The van der Waals surface area contributed by atoms with Crippen LogP contribution in [0.15, 0.2) is 53.8 Å². The number of allylic oxidation sites excluding steroid dienone is 2. The molecule has 0 aromatic heterocycles. The molecule has 1 aromatic carbocycles. The largest absolute Gasteiger partial charge is 0.452 e. The van der Waals surface area contributed by atoms with Gasteiger partial charge in [0.05, 0.1) is 6.08 Å². The Hall–Kier alpha value is -2.03. The molecule has 1 aliphatic heterocycles. The SMILES string of the molecule is CCC(=CCCc1ccccc1)C1=CC(=O)OC(C)(C)O1. The van der Waals surface area contributed by atoms with E-state index in [0.717, 1.165) is 24.8 Å². The topological polar surface area (TPSA) is 35.5 Å². The molecular formula is C18H22O3. The van der Waals surface area contributed by atoms with Crippen LogP contribution in [0.4, 0.5) is 0 Å². The molecular weight excluding hydrogens is 264 g/mol. The zero-order valence-corrected chi connectivity index (χ0v) is 12.9. The van der Waals surface area contributed by atoms with Gasteiger partial charge >= 0.3 is 5.97 Å². The van der Waals surface area contributed by atoms with Gasteiger partial charge in [-0.1, -0.05) is 43.3 Å². The molecule has 0 N–H and O–H groups in total. The summed E-state index contributed by atoms with van der Waals surface area (Å²) in [6, 6.07) is 10.4. The maximum absolute atomic E-state index is 11.6. The minimum absolute atomic E-state index is 0.344. The van der Waals surface area contributed by atoms with E-state index >= 15 is 0 Å². The molecule has 3 nitrogen and oxygen atoms in total. The Morgan fingerprint density at radius 3 is 2.52 bits per heavy atom. The predicted octanol–water partition coefficient (Wildman–Crippen LogP) is 4.15. The first-order chi connectivity index (χ1) is 10.00. The molecule has 1 aromatic rings. The summed E-state index contributed by atoms with van der Waals surface area (Å²) in [7, 11) is 0. The highest BCUT2D eigenvalue weighted by atomic mass is 16.7. The van der Waals surface area contributed by atoms with Crippen molar-refractivity contribution in [3.05, 3.63) is 59.4 Å². The average molecular weight is 286 g/mol. The predicted molar refractivity (Wildman–Crippen MR) is 82.5 cm³/mol. The van der Waals surface area contributed by atoms with E-state index in [0.29, 0.717) is 5.76 Å². The lowest BCUT2D eigenvalue weighted by Crippen LogP contribution is -2.34. The van der Waals surface area contributed by atoms with Crippen molar-refractivity contribution in [3.8, 4) is 0 Å². The molecule has 0 saturated heterocycles. The number of hydrogen-bond donors (Lipinski definition) is 0. The number of esters is 1. The smallest absolute Gasteiger partial charge is 0.337 e. The van der Waals surface area contributed by atoms with Crippen LogP contribution >= 0.6 is 0 Å². The first-order valence-electron chi connectivity index (χ1n) is 7.37. The molecule has 3 heteroatoms. The van der Waals surface area contributed by atoms with Crippen LogP contribution in [0.1, 0.15) is 39.2 Å². The molecule has 0 saturated carbocycles. The van der Waals surface area contributed by atoms with Gasteiger partial charge in [0.2, 0.25) is 5.79 Å². The average Bonchev–Trinajstić information content (AvgIpc) is 2.42. The normalized spacial score (nSPS) is 17.8. The molecule has 0 atom stereocenters. The molecule has 0 amide bonds.